The fourth-order valence-electron chi connectivity index (χ4n) is 1.64. The quantitative estimate of drug-likeness (QED) is 0.835. The number of anilines is 1. The lowest BCUT2D eigenvalue weighted by atomic mass is 10.0. The summed E-state index contributed by atoms with van der Waals surface area (Å²) in [5.41, 5.74) is 1.95. The second-order valence-corrected chi connectivity index (χ2v) is 4.50. The van der Waals surface area contributed by atoms with Gasteiger partial charge in [0.2, 0.25) is 0 Å². The van der Waals surface area contributed by atoms with Crippen LogP contribution in [0.15, 0.2) is 42.5 Å². The van der Waals surface area contributed by atoms with E-state index in [1.54, 1.807) is 36.4 Å². The zero-order valence-corrected chi connectivity index (χ0v) is 10.7. The summed E-state index contributed by atoms with van der Waals surface area (Å²) in [5, 5.41) is 12.2. The molecule has 0 atom stereocenters. The molecule has 0 aliphatic heterocycles. The highest BCUT2D eigenvalue weighted by molar-refractivity contribution is 6.31. The van der Waals surface area contributed by atoms with E-state index in [0.717, 1.165) is 5.56 Å². The first-order valence-corrected chi connectivity index (χ1v) is 5.87. The maximum atomic E-state index is 10.7. The molecule has 0 heterocycles. The normalized spacial score (nSPS) is 10.1. The molecule has 0 radical (unpaired) electrons. The van der Waals surface area contributed by atoms with Gasteiger partial charge in [-0.2, -0.15) is 0 Å². The summed E-state index contributed by atoms with van der Waals surface area (Å²) in [6, 6.07) is 12.1. The van der Waals surface area contributed by atoms with Crippen molar-refractivity contribution in [1.29, 1.82) is 0 Å². The SMILES string of the molecule is O=C(O)Nc1ccc(Cl)cc1-c1cccc(Cl)c1. The van der Waals surface area contributed by atoms with Crippen molar-refractivity contribution in [2.45, 2.75) is 0 Å². The van der Waals surface area contributed by atoms with Crippen LogP contribution >= 0.6 is 23.2 Å². The fourth-order valence-corrected chi connectivity index (χ4v) is 2.00. The summed E-state index contributed by atoms with van der Waals surface area (Å²) in [7, 11) is 0. The molecule has 2 N–H and O–H groups in total. The molecule has 2 aromatic rings. The number of carbonyl (C=O) groups is 1. The Kier molecular flexibility index (Phi) is 3.75. The van der Waals surface area contributed by atoms with Gasteiger partial charge in [-0.3, -0.25) is 5.32 Å². The molecule has 5 heteroatoms. The highest BCUT2D eigenvalue weighted by Crippen LogP contribution is 2.32. The largest absolute Gasteiger partial charge is 0.465 e. The molecule has 2 aromatic carbocycles. The maximum Gasteiger partial charge on any atom is 0.409 e. The number of carboxylic acid groups (broad SMARTS) is 1. The number of hydrogen-bond donors (Lipinski definition) is 2. The van der Waals surface area contributed by atoms with Crippen LogP contribution in [0.5, 0.6) is 0 Å². The molecular weight excluding hydrogens is 273 g/mol. The summed E-state index contributed by atoms with van der Waals surface area (Å²) < 4.78 is 0. The molecule has 18 heavy (non-hydrogen) atoms. The van der Waals surface area contributed by atoms with Crippen molar-refractivity contribution in [3.8, 4) is 11.1 Å². The van der Waals surface area contributed by atoms with E-state index >= 15 is 0 Å². The lowest BCUT2D eigenvalue weighted by Gasteiger charge is -2.10. The Hall–Kier alpha value is -1.71. The standard InChI is InChI=1S/C13H9Cl2NO2/c14-9-3-1-2-8(6-9)11-7-10(15)4-5-12(11)16-13(17)18/h1-7,16H,(H,17,18). The molecule has 3 nitrogen and oxygen atoms in total. The van der Waals surface area contributed by atoms with Crippen LogP contribution < -0.4 is 5.32 Å². The van der Waals surface area contributed by atoms with Crippen LogP contribution in [0.25, 0.3) is 11.1 Å². The van der Waals surface area contributed by atoms with Gasteiger partial charge in [0.15, 0.2) is 0 Å². The van der Waals surface area contributed by atoms with Gasteiger partial charge in [0.05, 0.1) is 5.69 Å². The van der Waals surface area contributed by atoms with Crippen molar-refractivity contribution >= 4 is 35.0 Å². The number of hydrogen-bond acceptors (Lipinski definition) is 1. The first kappa shape index (κ1) is 12.7. The number of nitrogens with one attached hydrogen (secondary N) is 1. The zero-order valence-electron chi connectivity index (χ0n) is 9.15. The van der Waals surface area contributed by atoms with Crippen molar-refractivity contribution in [3.63, 3.8) is 0 Å². The molecule has 0 unspecified atom stereocenters. The molecule has 0 fully saturated rings. The second-order valence-electron chi connectivity index (χ2n) is 3.63. The summed E-state index contributed by atoms with van der Waals surface area (Å²) in [5.74, 6) is 0. The van der Waals surface area contributed by atoms with E-state index in [0.29, 0.717) is 21.3 Å². The van der Waals surface area contributed by atoms with E-state index < -0.39 is 6.09 Å². The minimum Gasteiger partial charge on any atom is -0.465 e. The minimum atomic E-state index is -1.12. The van der Waals surface area contributed by atoms with Crippen molar-refractivity contribution < 1.29 is 9.90 Å². The second kappa shape index (κ2) is 5.29. The van der Waals surface area contributed by atoms with Gasteiger partial charge in [-0.25, -0.2) is 4.79 Å². The van der Waals surface area contributed by atoms with Crippen LogP contribution in [-0.2, 0) is 0 Å². The van der Waals surface area contributed by atoms with Gasteiger partial charge in [-0.1, -0.05) is 35.3 Å². The predicted molar refractivity (Wildman–Crippen MR) is 73.5 cm³/mol. The van der Waals surface area contributed by atoms with E-state index in [1.165, 1.54) is 0 Å². The highest BCUT2D eigenvalue weighted by atomic mass is 35.5. The van der Waals surface area contributed by atoms with E-state index in [1.807, 2.05) is 6.07 Å². The first-order valence-electron chi connectivity index (χ1n) is 5.12. The van der Waals surface area contributed by atoms with Gasteiger partial charge >= 0.3 is 6.09 Å². The summed E-state index contributed by atoms with van der Waals surface area (Å²) in [6.07, 6.45) is -1.12. The number of benzene rings is 2. The Morgan fingerprint density at radius 1 is 1.06 bits per heavy atom. The molecular formula is C13H9Cl2NO2. The predicted octanol–water partition coefficient (Wildman–Crippen LogP) is 4.75. The van der Waals surface area contributed by atoms with Crippen molar-refractivity contribution in [2.24, 2.45) is 0 Å². The summed E-state index contributed by atoms with van der Waals surface area (Å²) in [6.45, 7) is 0. The van der Waals surface area contributed by atoms with Gasteiger partial charge in [0.25, 0.3) is 0 Å². The van der Waals surface area contributed by atoms with E-state index in [9.17, 15) is 4.79 Å². The Labute approximate surface area is 114 Å². The molecule has 1 amide bonds. The average molecular weight is 282 g/mol. The van der Waals surface area contributed by atoms with E-state index in [-0.39, 0.29) is 0 Å². The molecule has 0 saturated heterocycles. The lowest BCUT2D eigenvalue weighted by Crippen LogP contribution is -2.08. The Bertz CT molecular complexity index is 599. The van der Waals surface area contributed by atoms with Gasteiger partial charge < -0.3 is 5.11 Å². The van der Waals surface area contributed by atoms with Crippen molar-refractivity contribution in [1.82, 2.24) is 0 Å². The van der Waals surface area contributed by atoms with E-state index in [4.69, 9.17) is 28.3 Å². The van der Waals surface area contributed by atoms with Crippen molar-refractivity contribution in [3.05, 3.63) is 52.5 Å². The first-order chi connectivity index (χ1) is 8.56. The maximum absolute atomic E-state index is 10.7. The van der Waals surface area contributed by atoms with Crippen LogP contribution in [-0.4, -0.2) is 11.2 Å². The Morgan fingerprint density at radius 2 is 1.78 bits per heavy atom. The molecule has 0 bridgehead atoms. The van der Waals surface area contributed by atoms with Crippen molar-refractivity contribution in [2.75, 3.05) is 5.32 Å². The van der Waals surface area contributed by atoms with Gasteiger partial charge in [-0.15, -0.1) is 0 Å². The molecule has 0 aliphatic carbocycles. The van der Waals surface area contributed by atoms with E-state index in [2.05, 4.69) is 5.32 Å². The van der Waals surface area contributed by atoms with Gasteiger partial charge in [-0.05, 0) is 35.9 Å². The molecule has 2 rings (SSSR count). The highest BCUT2D eigenvalue weighted by Gasteiger charge is 2.08. The lowest BCUT2D eigenvalue weighted by molar-refractivity contribution is 0.210. The zero-order chi connectivity index (χ0) is 13.1. The average Bonchev–Trinajstić information content (AvgIpc) is 2.31. The third-order valence-corrected chi connectivity index (χ3v) is 2.83. The van der Waals surface area contributed by atoms with Gasteiger partial charge in [0.1, 0.15) is 0 Å². The Balaban J connectivity index is 2.54. The third kappa shape index (κ3) is 2.94. The Morgan fingerprint density at radius 3 is 2.44 bits per heavy atom. The van der Waals surface area contributed by atoms with Crippen LogP contribution in [0, 0.1) is 0 Å². The smallest absolute Gasteiger partial charge is 0.409 e. The van der Waals surface area contributed by atoms with Crippen LogP contribution in [0.3, 0.4) is 0 Å². The van der Waals surface area contributed by atoms with Crippen LogP contribution in [0.1, 0.15) is 0 Å². The molecule has 0 spiro atoms. The number of rotatable bonds is 2. The molecule has 92 valence electrons. The fraction of sp³-hybridized carbons (Fsp3) is 0. The molecule has 0 saturated carbocycles. The molecule has 0 aliphatic rings. The minimum absolute atomic E-state index is 0.467. The molecule has 0 aromatic heterocycles. The topological polar surface area (TPSA) is 49.3 Å². The summed E-state index contributed by atoms with van der Waals surface area (Å²) >= 11 is 11.9. The number of halogens is 2. The number of amides is 1. The van der Waals surface area contributed by atoms with Gasteiger partial charge in [0, 0.05) is 15.6 Å². The van der Waals surface area contributed by atoms with Crippen LogP contribution in [0.2, 0.25) is 10.0 Å². The summed E-state index contributed by atoms with van der Waals surface area (Å²) in [4.78, 5) is 10.7. The van der Waals surface area contributed by atoms with Crippen LogP contribution in [0.4, 0.5) is 10.5 Å². The third-order valence-electron chi connectivity index (χ3n) is 2.36. The monoisotopic (exact) mass is 281 g/mol.